The number of sulfonamides is 1. The van der Waals surface area contributed by atoms with Crippen LogP contribution < -0.4 is 9.62 Å². The standard InChI is InChI=1S/C19H17ClN2O3S2/c1-22(27(24,25)18-7-4-12-26-18)16-10-8-14(9-11-16)19(23)21-13-15-5-2-3-6-17(15)20/h2-12H,13H2,1H3,(H,21,23). The number of nitrogens with zero attached hydrogens (tertiary/aromatic N) is 1. The van der Waals surface area contributed by atoms with E-state index in [1.807, 2.05) is 18.2 Å². The van der Waals surface area contributed by atoms with E-state index < -0.39 is 10.0 Å². The zero-order valence-corrected chi connectivity index (χ0v) is 16.8. The lowest BCUT2D eigenvalue weighted by molar-refractivity contribution is 0.0951. The summed E-state index contributed by atoms with van der Waals surface area (Å²) in [4.78, 5) is 12.3. The lowest BCUT2D eigenvalue weighted by Gasteiger charge is -2.18. The quantitative estimate of drug-likeness (QED) is 0.651. The van der Waals surface area contributed by atoms with E-state index in [2.05, 4.69) is 5.32 Å². The Labute approximate surface area is 167 Å². The topological polar surface area (TPSA) is 66.5 Å². The minimum Gasteiger partial charge on any atom is -0.348 e. The van der Waals surface area contributed by atoms with Crippen molar-refractivity contribution in [3.05, 3.63) is 82.2 Å². The first-order valence-electron chi connectivity index (χ1n) is 8.03. The molecule has 0 saturated carbocycles. The van der Waals surface area contributed by atoms with Crippen molar-refractivity contribution < 1.29 is 13.2 Å². The normalized spacial score (nSPS) is 11.2. The van der Waals surface area contributed by atoms with Crippen LogP contribution in [-0.2, 0) is 16.6 Å². The predicted molar refractivity (Wildman–Crippen MR) is 109 cm³/mol. The number of rotatable bonds is 6. The van der Waals surface area contributed by atoms with E-state index in [1.54, 1.807) is 47.8 Å². The van der Waals surface area contributed by atoms with E-state index in [4.69, 9.17) is 11.6 Å². The summed E-state index contributed by atoms with van der Waals surface area (Å²) in [5, 5.41) is 5.11. The number of benzene rings is 2. The number of halogens is 1. The second-order valence-electron chi connectivity index (χ2n) is 5.73. The van der Waals surface area contributed by atoms with Gasteiger partial charge in [0.15, 0.2) is 0 Å². The molecule has 5 nitrogen and oxygen atoms in total. The van der Waals surface area contributed by atoms with Crippen LogP contribution in [-0.4, -0.2) is 21.4 Å². The van der Waals surface area contributed by atoms with Crippen LogP contribution in [0.4, 0.5) is 5.69 Å². The highest BCUT2D eigenvalue weighted by Crippen LogP contribution is 2.25. The second kappa shape index (κ2) is 8.12. The molecule has 0 aliphatic rings. The molecule has 0 aliphatic carbocycles. The van der Waals surface area contributed by atoms with Crippen molar-refractivity contribution in [1.29, 1.82) is 0 Å². The Morgan fingerprint density at radius 1 is 1.07 bits per heavy atom. The van der Waals surface area contributed by atoms with E-state index in [1.165, 1.54) is 11.4 Å². The number of amides is 1. The van der Waals surface area contributed by atoms with Gasteiger partial charge in [0.2, 0.25) is 0 Å². The van der Waals surface area contributed by atoms with Gasteiger partial charge in [-0.05, 0) is 47.3 Å². The molecule has 0 aliphatic heterocycles. The maximum atomic E-state index is 12.5. The van der Waals surface area contributed by atoms with Gasteiger partial charge in [0.1, 0.15) is 4.21 Å². The molecule has 3 rings (SSSR count). The summed E-state index contributed by atoms with van der Waals surface area (Å²) < 4.78 is 26.6. The van der Waals surface area contributed by atoms with Gasteiger partial charge in [-0.15, -0.1) is 11.3 Å². The lowest BCUT2D eigenvalue weighted by Crippen LogP contribution is -2.26. The SMILES string of the molecule is CN(c1ccc(C(=O)NCc2ccccc2Cl)cc1)S(=O)(=O)c1cccs1. The van der Waals surface area contributed by atoms with Crippen molar-refractivity contribution >= 4 is 44.6 Å². The number of hydrogen-bond donors (Lipinski definition) is 1. The minimum atomic E-state index is -3.60. The molecular weight excluding hydrogens is 404 g/mol. The number of thiophene rings is 1. The minimum absolute atomic E-state index is 0.259. The van der Waals surface area contributed by atoms with Gasteiger partial charge in [-0.3, -0.25) is 9.10 Å². The Morgan fingerprint density at radius 2 is 1.78 bits per heavy atom. The van der Waals surface area contributed by atoms with E-state index >= 15 is 0 Å². The maximum absolute atomic E-state index is 12.5. The van der Waals surface area contributed by atoms with Crippen LogP contribution >= 0.6 is 22.9 Å². The molecule has 0 radical (unpaired) electrons. The first kappa shape index (κ1) is 19.4. The lowest BCUT2D eigenvalue weighted by atomic mass is 10.1. The highest BCUT2D eigenvalue weighted by Gasteiger charge is 2.22. The summed E-state index contributed by atoms with van der Waals surface area (Å²) in [7, 11) is -2.11. The van der Waals surface area contributed by atoms with Gasteiger partial charge < -0.3 is 5.32 Å². The Hall–Kier alpha value is -2.35. The summed E-state index contributed by atoms with van der Waals surface area (Å²) in [6, 6.07) is 16.9. The number of hydrogen-bond acceptors (Lipinski definition) is 4. The van der Waals surface area contributed by atoms with E-state index in [9.17, 15) is 13.2 Å². The van der Waals surface area contributed by atoms with Crippen LogP contribution in [0.1, 0.15) is 15.9 Å². The van der Waals surface area contributed by atoms with E-state index in [0.717, 1.165) is 16.9 Å². The highest BCUT2D eigenvalue weighted by atomic mass is 35.5. The molecule has 0 unspecified atom stereocenters. The van der Waals surface area contributed by atoms with Gasteiger partial charge in [0.25, 0.3) is 15.9 Å². The monoisotopic (exact) mass is 420 g/mol. The van der Waals surface area contributed by atoms with Crippen LogP contribution in [0.3, 0.4) is 0 Å². The van der Waals surface area contributed by atoms with Gasteiger partial charge in [-0.25, -0.2) is 8.42 Å². The van der Waals surface area contributed by atoms with Crippen LogP contribution in [0, 0.1) is 0 Å². The molecule has 0 atom stereocenters. The van der Waals surface area contributed by atoms with Crippen molar-refractivity contribution in [3.63, 3.8) is 0 Å². The largest absolute Gasteiger partial charge is 0.348 e. The average molecular weight is 421 g/mol. The predicted octanol–water partition coefficient (Wildman–Crippen LogP) is 4.16. The molecule has 3 aromatic rings. The molecule has 2 aromatic carbocycles. The van der Waals surface area contributed by atoms with Crippen LogP contribution in [0.15, 0.2) is 70.3 Å². The van der Waals surface area contributed by atoms with Crippen LogP contribution in [0.2, 0.25) is 5.02 Å². The first-order chi connectivity index (χ1) is 12.9. The third-order valence-electron chi connectivity index (χ3n) is 4.00. The second-order valence-corrected chi connectivity index (χ2v) is 9.28. The smallest absolute Gasteiger partial charge is 0.273 e. The molecule has 0 saturated heterocycles. The average Bonchev–Trinajstić information content (AvgIpc) is 3.22. The van der Waals surface area contributed by atoms with E-state index in [0.29, 0.717) is 22.8 Å². The first-order valence-corrected chi connectivity index (χ1v) is 10.7. The Morgan fingerprint density at radius 3 is 2.41 bits per heavy atom. The molecule has 0 fully saturated rings. The number of nitrogens with one attached hydrogen (secondary N) is 1. The molecule has 0 spiro atoms. The fourth-order valence-corrected chi connectivity index (χ4v) is 4.99. The van der Waals surface area contributed by atoms with E-state index in [-0.39, 0.29) is 10.1 Å². The van der Waals surface area contributed by atoms with Crippen molar-refractivity contribution in [3.8, 4) is 0 Å². The molecule has 8 heteroatoms. The van der Waals surface area contributed by atoms with Gasteiger partial charge in [-0.2, -0.15) is 0 Å². The zero-order valence-electron chi connectivity index (χ0n) is 14.4. The summed E-state index contributed by atoms with van der Waals surface area (Å²) in [5.41, 5.74) is 1.74. The molecule has 1 N–H and O–H groups in total. The van der Waals surface area contributed by atoms with Gasteiger partial charge in [0, 0.05) is 24.2 Å². The van der Waals surface area contributed by atoms with Crippen molar-refractivity contribution in [2.75, 3.05) is 11.4 Å². The van der Waals surface area contributed by atoms with Crippen LogP contribution in [0.25, 0.3) is 0 Å². The fourth-order valence-electron chi connectivity index (χ4n) is 2.43. The molecule has 1 heterocycles. The molecule has 140 valence electrons. The van der Waals surface area contributed by atoms with Gasteiger partial charge in [-0.1, -0.05) is 35.9 Å². The van der Waals surface area contributed by atoms with Gasteiger partial charge in [0.05, 0.1) is 5.69 Å². The summed E-state index contributed by atoms with van der Waals surface area (Å²) in [5.74, 6) is -0.259. The highest BCUT2D eigenvalue weighted by molar-refractivity contribution is 7.94. The molecule has 0 bridgehead atoms. The number of carbonyl (C=O) groups excluding carboxylic acids is 1. The Kier molecular flexibility index (Phi) is 5.84. The fraction of sp³-hybridized carbons (Fsp3) is 0.105. The molecule has 27 heavy (non-hydrogen) atoms. The van der Waals surface area contributed by atoms with Crippen molar-refractivity contribution in [1.82, 2.24) is 5.32 Å². The molecule has 1 amide bonds. The molecule has 1 aromatic heterocycles. The maximum Gasteiger partial charge on any atom is 0.273 e. The van der Waals surface area contributed by atoms with Crippen molar-refractivity contribution in [2.24, 2.45) is 0 Å². The molecular formula is C19H17ClN2O3S2. The summed E-state index contributed by atoms with van der Waals surface area (Å²) >= 11 is 7.24. The third-order valence-corrected chi connectivity index (χ3v) is 7.53. The third kappa shape index (κ3) is 4.32. The number of carbonyl (C=O) groups is 1. The van der Waals surface area contributed by atoms with Crippen molar-refractivity contribution in [2.45, 2.75) is 10.8 Å². The van der Waals surface area contributed by atoms with Gasteiger partial charge >= 0.3 is 0 Å². The number of anilines is 1. The van der Waals surface area contributed by atoms with Crippen LogP contribution in [0.5, 0.6) is 0 Å². The Balaban J connectivity index is 1.69. The zero-order chi connectivity index (χ0) is 19.4. The summed E-state index contributed by atoms with van der Waals surface area (Å²) in [6.45, 7) is 0.312. The summed E-state index contributed by atoms with van der Waals surface area (Å²) in [6.07, 6.45) is 0. The Bertz CT molecular complexity index is 1030.